The van der Waals surface area contributed by atoms with E-state index in [0.29, 0.717) is 32.8 Å². The highest BCUT2D eigenvalue weighted by Crippen LogP contribution is 2.33. The summed E-state index contributed by atoms with van der Waals surface area (Å²) in [5.41, 5.74) is -0.419. The molecule has 1 amide bonds. The topological polar surface area (TPSA) is 88.8 Å². The van der Waals surface area contributed by atoms with Crippen molar-refractivity contribution in [2.24, 2.45) is 0 Å². The van der Waals surface area contributed by atoms with Crippen LogP contribution in [0, 0.1) is 21.7 Å². The van der Waals surface area contributed by atoms with E-state index in [1.165, 1.54) is 17.0 Å². The average Bonchev–Trinajstić information content (AvgIpc) is 3.18. The lowest BCUT2D eigenvalue weighted by Crippen LogP contribution is -2.43. The van der Waals surface area contributed by atoms with E-state index in [0.717, 1.165) is 29.5 Å². The van der Waals surface area contributed by atoms with Crippen LogP contribution in [-0.2, 0) is 4.74 Å². The molecule has 4 rings (SSSR count). The first kappa shape index (κ1) is 22.5. The van der Waals surface area contributed by atoms with Crippen LogP contribution in [0.5, 0.6) is 0 Å². The third-order valence-corrected chi connectivity index (χ3v) is 6.37. The quantitative estimate of drug-likeness (QED) is 0.388. The normalized spacial score (nSPS) is 14.6. The molecule has 0 unspecified atom stereocenters. The van der Waals surface area contributed by atoms with Crippen molar-refractivity contribution in [1.29, 1.82) is 0 Å². The zero-order chi connectivity index (χ0) is 22.8. The van der Waals surface area contributed by atoms with Crippen molar-refractivity contribution in [1.82, 2.24) is 9.88 Å². The minimum atomic E-state index is -0.837. The molecule has 1 aliphatic rings. The molecule has 1 aromatic heterocycles. The summed E-state index contributed by atoms with van der Waals surface area (Å²) in [6.45, 7) is 3.13. The van der Waals surface area contributed by atoms with Gasteiger partial charge in [-0.25, -0.2) is 13.8 Å². The zero-order valence-electron chi connectivity index (χ0n) is 16.6. The maximum Gasteiger partial charge on any atom is 0.270 e. The van der Waals surface area contributed by atoms with E-state index in [9.17, 15) is 23.7 Å². The number of anilines is 1. The Balaban J connectivity index is 1.72. The van der Waals surface area contributed by atoms with Gasteiger partial charge >= 0.3 is 0 Å². The van der Waals surface area contributed by atoms with E-state index in [2.05, 4.69) is 9.88 Å². The smallest absolute Gasteiger partial charge is 0.270 e. The van der Waals surface area contributed by atoms with E-state index < -0.39 is 22.5 Å². The Morgan fingerprint density at radius 2 is 2.03 bits per heavy atom. The van der Waals surface area contributed by atoms with E-state index in [4.69, 9.17) is 16.3 Å². The lowest BCUT2D eigenvalue weighted by Gasteiger charge is -2.29. The van der Waals surface area contributed by atoms with Gasteiger partial charge in [-0.15, -0.1) is 0 Å². The van der Waals surface area contributed by atoms with Gasteiger partial charge in [-0.3, -0.25) is 24.7 Å². The second kappa shape index (κ2) is 9.41. The van der Waals surface area contributed by atoms with Crippen LogP contribution in [0.15, 0.2) is 30.3 Å². The van der Waals surface area contributed by atoms with Gasteiger partial charge in [-0.1, -0.05) is 22.9 Å². The fourth-order valence-corrected chi connectivity index (χ4v) is 4.58. The summed E-state index contributed by atoms with van der Waals surface area (Å²) >= 11 is 7.13. The average molecular weight is 483 g/mol. The van der Waals surface area contributed by atoms with Gasteiger partial charge in [-0.05, 0) is 12.1 Å². The van der Waals surface area contributed by atoms with Crippen molar-refractivity contribution >= 4 is 49.9 Å². The number of nitro benzene ring substituents is 1. The molecule has 0 N–H and O–H groups in total. The molecule has 0 spiro atoms. The molecule has 1 aliphatic heterocycles. The third kappa shape index (κ3) is 4.70. The summed E-state index contributed by atoms with van der Waals surface area (Å²) in [6, 6.07) is 5.45. The van der Waals surface area contributed by atoms with Crippen molar-refractivity contribution in [2.45, 2.75) is 0 Å². The van der Waals surface area contributed by atoms with Crippen molar-refractivity contribution in [2.75, 3.05) is 44.3 Å². The number of nitro groups is 1. The number of thiazole rings is 1. The first-order chi connectivity index (χ1) is 15.3. The molecule has 2 heterocycles. The Hall–Kier alpha value is -2.73. The molecule has 0 saturated carbocycles. The maximum absolute atomic E-state index is 14.2. The zero-order valence-corrected chi connectivity index (χ0v) is 18.2. The van der Waals surface area contributed by atoms with Gasteiger partial charge in [0, 0.05) is 44.4 Å². The highest BCUT2D eigenvalue weighted by atomic mass is 35.5. The second-order valence-corrected chi connectivity index (χ2v) is 8.48. The van der Waals surface area contributed by atoms with Crippen molar-refractivity contribution < 1.29 is 23.2 Å². The number of benzene rings is 2. The molecule has 0 radical (unpaired) electrons. The number of carbonyl (C=O) groups is 1. The predicted molar refractivity (Wildman–Crippen MR) is 117 cm³/mol. The Kier molecular flexibility index (Phi) is 6.60. The molecular weight excluding hydrogens is 466 g/mol. The summed E-state index contributed by atoms with van der Waals surface area (Å²) in [5.74, 6) is -2.21. The van der Waals surface area contributed by atoms with E-state index in [1.807, 2.05) is 0 Å². The lowest BCUT2D eigenvalue weighted by atomic mass is 10.1. The molecule has 12 heteroatoms. The minimum absolute atomic E-state index is 0.0373. The molecule has 8 nitrogen and oxygen atoms in total. The fourth-order valence-electron chi connectivity index (χ4n) is 3.35. The van der Waals surface area contributed by atoms with Crippen molar-refractivity contribution in [3.63, 3.8) is 0 Å². The highest BCUT2D eigenvalue weighted by molar-refractivity contribution is 7.22. The van der Waals surface area contributed by atoms with Crippen LogP contribution in [0.3, 0.4) is 0 Å². The highest BCUT2D eigenvalue weighted by Gasteiger charge is 2.26. The summed E-state index contributed by atoms with van der Waals surface area (Å²) in [5, 5.41) is 11.4. The van der Waals surface area contributed by atoms with Gasteiger partial charge in [-0.2, -0.15) is 0 Å². The molecule has 168 valence electrons. The van der Waals surface area contributed by atoms with Crippen LogP contribution in [0.2, 0.25) is 5.02 Å². The van der Waals surface area contributed by atoms with E-state index in [-0.39, 0.29) is 38.2 Å². The first-order valence-corrected chi connectivity index (χ1v) is 10.8. The number of fused-ring (bicyclic) bond motifs is 1. The number of non-ortho nitro benzene ring substituents is 1. The fraction of sp³-hybridized carbons (Fsp3) is 0.300. The number of aromatic nitrogens is 1. The Bertz CT molecular complexity index is 1190. The second-order valence-electron chi connectivity index (χ2n) is 7.06. The van der Waals surface area contributed by atoms with Crippen LogP contribution in [0.1, 0.15) is 10.4 Å². The molecule has 0 bridgehead atoms. The van der Waals surface area contributed by atoms with Crippen LogP contribution in [0.4, 0.5) is 19.6 Å². The molecule has 1 fully saturated rings. The van der Waals surface area contributed by atoms with E-state index >= 15 is 0 Å². The van der Waals surface area contributed by atoms with Crippen molar-refractivity contribution in [3.8, 4) is 0 Å². The summed E-state index contributed by atoms with van der Waals surface area (Å²) < 4.78 is 33.4. The van der Waals surface area contributed by atoms with Gasteiger partial charge in [0.2, 0.25) is 0 Å². The molecule has 1 saturated heterocycles. The maximum atomic E-state index is 14.2. The summed E-state index contributed by atoms with van der Waals surface area (Å²) in [6.07, 6.45) is 0. The number of rotatable bonds is 6. The number of halogens is 3. The SMILES string of the molecule is O=C(c1cc([N+](=O)[O-])ccc1Cl)N(CCN1CCOCC1)c1nc2c(F)cc(F)cc2s1. The Labute approximate surface area is 190 Å². The minimum Gasteiger partial charge on any atom is -0.379 e. The van der Waals surface area contributed by atoms with Gasteiger partial charge in [0.25, 0.3) is 11.6 Å². The first-order valence-electron chi connectivity index (χ1n) is 9.65. The molecule has 2 aromatic carbocycles. The van der Waals surface area contributed by atoms with Crippen LogP contribution < -0.4 is 4.90 Å². The van der Waals surface area contributed by atoms with Gasteiger partial charge in [0.1, 0.15) is 11.3 Å². The number of ether oxygens (including phenoxy) is 1. The van der Waals surface area contributed by atoms with Crippen LogP contribution in [-0.4, -0.2) is 60.1 Å². The largest absolute Gasteiger partial charge is 0.379 e. The number of amides is 1. The monoisotopic (exact) mass is 482 g/mol. The van der Waals surface area contributed by atoms with E-state index in [1.54, 1.807) is 0 Å². The lowest BCUT2D eigenvalue weighted by molar-refractivity contribution is -0.384. The van der Waals surface area contributed by atoms with Crippen molar-refractivity contribution in [3.05, 3.63) is 62.7 Å². The summed E-state index contributed by atoms with van der Waals surface area (Å²) in [7, 11) is 0. The molecule has 32 heavy (non-hydrogen) atoms. The number of carbonyl (C=O) groups excluding carboxylic acids is 1. The van der Waals surface area contributed by atoms with Gasteiger partial charge < -0.3 is 4.74 Å². The van der Waals surface area contributed by atoms with Gasteiger partial charge in [0.05, 0.1) is 33.4 Å². The van der Waals surface area contributed by atoms with Crippen LogP contribution >= 0.6 is 22.9 Å². The van der Waals surface area contributed by atoms with Crippen LogP contribution in [0.25, 0.3) is 10.2 Å². The number of hydrogen-bond donors (Lipinski definition) is 0. The number of nitrogens with zero attached hydrogens (tertiary/aromatic N) is 4. The summed E-state index contributed by atoms with van der Waals surface area (Å²) in [4.78, 5) is 31.6. The Morgan fingerprint density at radius 3 is 2.75 bits per heavy atom. The number of morpholine rings is 1. The standard InChI is InChI=1S/C20H17ClF2N4O4S/c21-15-2-1-13(27(29)30)11-14(15)19(28)26(4-3-25-5-7-31-8-6-25)20-24-18-16(23)9-12(22)10-17(18)32-20/h1-2,9-11H,3-8H2. The molecule has 0 atom stereocenters. The molecule has 3 aromatic rings. The van der Waals surface area contributed by atoms with Gasteiger partial charge in [0.15, 0.2) is 10.9 Å². The number of hydrogen-bond acceptors (Lipinski definition) is 7. The Morgan fingerprint density at radius 1 is 1.28 bits per heavy atom. The molecular formula is C20H17ClF2N4O4S. The molecule has 0 aliphatic carbocycles. The third-order valence-electron chi connectivity index (χ3n) is 5.01. The predicted octanol–water partition coefficient (Wildman–Crippen LogP) is 4.12.